The molecule has 0 aromatic carbocycles. The highest BCUT2D eigenvalue weighted by Crippen LogP contribution is 2.37. The molecular weight excluding hydrogens is 236 g/mol. The molecule has 0 aromatic rings. The zero-order valence-electron chi connectivity index (χ0n) is 10.7. The van der Waals surface area contributed by atoms with E-state index in [-0.39, 0.29) is 17.3 Å². The molecular formula is C12H24N2O2S. The van der Waals surface area contributed by atoms with Gasteiger partial charge < -0.3 is 15.8 Å². The van der Waals surface area contributed by atoms with E-state index < -0.39 is 0 Å². The third-order valence-electron chi connectivity index (χ3n) is 3.30. The number of rotatable bonds is 7. The van der Waals surface area contributed by atoms with Crippen molar-refractivity contribution in [1.82, 2.24) is 5.32 Å². The molecule has 5 heteroatoms. The standard InChI is InChI=1S/C12H24N2O2S/c1-17-12(5-3-2-4-6-12)10-14-11(15)9-16-8-7-13/h2-10,13H2,1H3,(H,14,15). The second kappa shape index (κ2) is 7.95. The molecule has 0 aromatic heterocycles. The van der Waals surface area contributed by atoms with Crippen LogP contribution in [0.4, 0.5) is 0 Å². The van der Waals surface area contributed by atoms with Crippen molar-refractivity contribution >= 4 is 17.7 Å². The highest BCUT2D eigenvalue weighted by Gasteiger charge is 2.31. The lowest BCUT2D eigenvalue weighted by Gasteiger charge is -2.35. The first-order chi connectivity index (χ1) is 8.22. The zero-order chi connectivity index (χ0) is 12.6. The van der Waals surface area contributed by atoms with Crippen LogP contribution in [0.15, 0.2) is 0 Å². The number of nitrogens with two attached hydrogens (primary N) is 1. The maximum Gasteiger partial charge on any atom is 0.246 e. The van der Waals surface area contributed by atoms with Gasteiger partial charge in [0.2, 0.25) is 5.91 Å². The number of carbonyl (C=O) groups excluding carboxylic acids is 1. The van der Waals surface area contributed by atoms with Gasteiger partial charge in [-0.1, -0.05) is 19.3 Å². The first-order valence-corrected chi connectivity index (χ1v) is 7.54. The lowest BCUT2D eigenvalue weighted by atomic mass is 9.88. The summed E-state index contributed by atoms with van der Waals surface area (Å²) in [7, 11) is 0. The fourth-order valence-corrected chi connectivity index (χ4v) is 3.12. The number of hydrogen-bond acceptors (Lipinski definition) is 4. The molecule has 0 aliphatic heterocycles. The maximum absolute atomic E-state index is 11.5. The van der Waals surface area contributed by atoms with Gasteiger partial charge in [0.05, 0.1) is 6.61 Å². The maximum atomic E-state index is 11.5. The molecule has 3 N–H and O–H groups in total. The lowest BCUT2D eigenvalue weighted by Crippen LogP contribution is -2.43. The molecule has 0 heterocycles. The van der Waals surface area contributed by atoms with Crippen LogP contribution in [0.2, 0.25) is 0 Å². The number of carbonyl (C=O) groups is 1. The van der Waals surface area contributed by atoms with Gasteiger partial charge in [0.15, 0.2) is 0 Å². The van der Waals surface area contributed by atoms with Gasteiger partial charge in [-0.25, -0.2) is 0 Å². The predicted molar refractivity (Wildman–Crippen MR) is 72.2 cm³/mol. The van der Waals surface area contributed by atoms with Crippen LogP contribution in [-0.2, 0) is 9.53 Å². The van der Waals surface area contributed by atoms with Crippen LogP contribution < -0.4 is 11.1 Å². The van der Waals surface area contributed by atoms with Gasteiger partial charge in [0.1, 0.15) is 6.61 Å². The lowest BCUT2D eigenvalue weighted by molar-refractivity contribution is -0.125. The summed E-state index contributed by atoms with van der Waals surface area (Å²) in [6.07, 6.45) is 8.44. The second-order valence-electron chi connectivity index (χ2n) is 4.57. The molecule has 0 radical (unpaired) electrons. The summed E-state index contributed by atoms with van der Waals surface area (Å²) in [5.74, 6) is -0.0301. The molecule has 0 spiro atoms. The minimum atomic E-state index is -0.0301. The first kappa shape index (κ1) is 14.8. The van der Waals surface area contributed by atoms with Crippen molar-refractivity contribution in [2.24, 2.45) is 5.73 Å². The molecule has 1 aliphatic carbocycles. The Morgan fingerprint density at radius 2 is 2.12 bits per heavy atom. The fourth-order valence-electron chi connectivity index (χ4n) is 2.21. The van der Waals surface area contributed by atoms with Crippen molar-refractivity contribution in [3.05, 3.63) is 0 Å². The molecule has 1 fully saturated rings. The Bertz CT molecular complexity index is 231. The Morgan fingerprint density at radius 3 is 2.71 bits per heavy atom. The zero-order valence-corrected chi connectivity index (χ0v) is 11.5. The van der Waals surface area contributed by atoms with Crippen molar-refractivity contribution in [3.63, 3.8) is 0 Å². The number of amides is 1. The van der Waals surface area contributed by atoms with Crippen LogP contribution in [0, 0.1) is 0 Å². The first-order valence-electron chi connectivity index (χ1n) is 6.32. The molecule has 0 saturated heterocycles. The molecule has 1 saturated carbocycles. The van der Waals surface area contributed by atoms with Crippen molar-refractivity contribution in [3.8, 4) is 0 Å². The number of hydrogen-bond donors (Lipinski definition) is 2. The van der Waals surface area contributed by atoms with Gasteiger partial charge in [0.25, 0.3) is 0 Å². The highest BCUT2D eigenvalue weighted by molar-refractivity contribution is 8.00. The molecule has 4 nitrogen and oxygen atoms in total. The van der Waals surface area contributed by atoms with Crippen LogP contribution in [0.25, 0.3) is 0 Å². The van der Waals surface area contributed by atoms with Crippen molar-refractivity contribution in [2.45, 2.75) is 36.9 Å². The Kier molecular flexibility index (Phi) is 6.92. The van der Waals surface area contributed by atoms with Gasteiger partial charge in [0, 0.05) is 17.8 Å². The van der Waals surface area contributed by atoms with E-state index in [4.69, 9.17) is 10.5 Å². The van der Waals surface area contributed by atoms with Gasteiger partial charge in [-0.15, -0.1) is 0 Å². The van der Waals surface area contributed by atoms with E-state index >= 15 is 0 Å². The highest BCUT2D eigenvalue weighted by atomic mass is 32.2. The number of nitrogens with one attached hydrogen (secondary N) is 1. The van der Waals surface area contributed by atoms with E-state index in [2.05, 4.69) is 11.6 Å². The Balaban J connectivity index is 2.24. The Labute approximate surface area is 108 Å². The molecule has 0 atom stereocenters. The van der Waals surface area contributed by atoms with Crippen LogP contribution in [0.5, 0.6) is 0 Å². The summed E-state index contributed by atoms with van der Waals surface area (Å²) in [4.78, 5) is 11.5. The van der Waals surface area contributed by atoms with Crippen LogP contribution in [0.1, 0.15) is 32.1 Å². The summed E-state index contributed by atoms with van der Waals surface area (Å²) in [6.45, 7) is 1.80. The average molecular weight is 260 g/mol. The van der Waals surface area contributed by atoms with Gasteiger partial charge >= 0.3 is 0 Å². The number of ether oxygens (including phenoxy) is 1. The summed E-state index contributed by atoms with van der Waals surface area (Å²) < 4.78 is 5.36. The van der Waals surface area contributed by atoms with Gasteiger partial charge in [-0.2, -0.15) is 11.8 Å². The Morgan fingerprint density at radius 1 is 1.41 bits per heavy atom. The molecule has 1 aliphatic rings. The van der Waals surface area contributed by atoms with Crippen LogP contribution in [0.3, 0.4) is 0 Å². The van der Waals surface area contributed by atoms with E-state index in [9.17, 15) is 4.79 Å². The summed E-state index contributed by atoms with van der Waals surface area (Å²) >= 11 is 1.89. The third kappa shape index (κ3) is 5.27. The van der Waals surface area contributed by atoms with E-state index in [1.165, 1.54) is 32.1 Å². The van der Waals surface area contributed by atoms with E-state index in [1.54, 1.807) is 0 Å². The quantitative estimate of drug-likeness (QED) is 0.674. The van der Waals surface area contributed by atoms with Gasteiger partial charge in [-0.3, -0.25) is 4.79 Å². The predicted octanol–water partition coefficient (Wildman–Crippen LogP) is 1.14. The molecule has 0 unspecified atom stereocenters. The minimum absolute atomic E-state index is 0.0301. The SMILES string of the molecule is CSC1(CNC(=O)COCCN)CCCCC1. The monoisotopic (exact) mass is 260 g/mol. The molecule has 0 bridgehead atoms. The molecule has 100 valence electrons. The molecule has 17 heavy (non-hydrogen) atoms. The minimum Gasteiger partial charge on any atom is -0.370 e. The summed E-state index contributed by atoms with van der Waals surface area (Å²) in [6, 6.07) is 0. The van der Waals surface area contributed by atoms with Crippen molar-refractivity contribution in [2.75, 3.05) is 32.6 Å². The van der Waals surface area contributed by atoms with Crippen molar-refractivity contribution in [1.29, 1.82) is 0 Å². The smallest absolute Gasteiger partial charge is 0.246 e. The normalized spacial score (nSPS) is 18.9. The fraction of sp³-hybridized carbons (Fsp3) is 0.917. The van der Waals surface area contributed by atoms with E-state index in [1.807, 2.05) is 11.8 Å². The molecule has 1 rings (SSSR count). The second-order valence-corrected chi connectivity index (χ2v) is 5.84. The largest absolute Gasteiger partial charge is 0.370 e. The van der Waals surface area contributed by atoms with Crippen molar-refractivity contribution < 1.29 is 9.53 Å². The van der Waals surface area contributed by atoms with Crippen LogP contribution >= 0.6 is 11.8 Å². The van der Waals surface area contributed by atoms with Gasteiger partial charge in [-0.05, 0) is 19.1 Å². The summed E-state index contributed by atoms with van der Waals surface area (Å²) in [5.41, 5.74) is 5.29. The van der Waals surface area contributed by atoms with E-state index in [0.717, 1.165) is 6.54 Å². The molecule has 1 amide bonds. The topological polar surface area (TPSA) is 64.3 Å². The Hall–Kier alpha value is -0.260. The average Bonchev–Trinajstić information content (AvgIpc) is 2.38. The third-order valence-corrected chi connectivity index (χ3v) is 4.72. The number of thioether (sulfide) groups is 1. The van der Waals surface area contributed by atoms with E-state index in [0.29, 0.717) is 13.2 Å². The summed E-state index contributed by atoms with van der Waals surface area (Å²) in [5, 5.41) is 2.98. The van der Waals surface area contributed by atoms with Crippen LogP contribution in [-0.4, -0.2) is 43.2 Å².